The van der Waals surface area contributed by atoms with Crippen LogP contribution in [0.5, 0.6) is 0 Å². The zero-order chi connectivity index (χ0) is 10.4. The van der Waals surface area contributed by atoms with Gasteiger partial charge in [0.1, 0.15) is 5.78 Å². The van der Waals surface area contributed by atoms with Crippen LogP contribution in [-0.4, -0.2) is 17.5 Å². The lowest BCUT2D eigenvalue weighted by atomic mass is 9.66. The number of fused-ring (bicyclic) bond motifs is 2. The summed E-state index contributed by atoms with van der Waals surface area (Å²) in [7, 11) is 0. The van der Waals surface area contributed by atoms with Gasteiger partial charge < -0.3 is 5.11 Å². The highest BCUT2D eigenvalue weighted by molar-refractivity contribution is 5.89. The maximum Gasteiger partial charge on any atom is 0.139 e. The number of ketones is 1. The third-order valence-corrected chi connectivity index (χ3v) is 5.06. The van der Waals surface area contributed by atoms with Crippen molar-refractivity contribution in [1.82, 2.24) is 0 Å². The number of hydrogen-bond donors (Lipinski definition) is 1. The first kappa shape index (κ1) is 10.2. The van der Waals surface area contributed by atoms with Crippen LogP contribution in [0.1, 0.15) is 46.0 Å². The molecule has 0 radical (unpaired) electrons. The van der Waals surface area contributed by atoms with Crippen LogP contribution in [0.3, 0.4) is 0 Å². The highest BCUT2D eigenvalue weighted by Gasteiger charge is 2.62. The second-order valence-electron chi connectivity index (χ2n) is 5.44. The van der Waals surface area contributed by atoms with Gasteiger partial charge in [0, 0.05) is 18.4 Å². The summed E-state index contributed by atoms with van der Waals surface area (Å²) in [6.07, 6.45) is 4.92. The summed E-state index contributed by atoms with van der Waals surface area (Å²) in [4.78, 5) is 11.9. The second kappa shape index (κ2) is 3.06. The van der Waals surface area contributed by atoms with Gasteiger partial charge in [-0.25, -0.2) is 0 Å². The van der Waals surface area contributed by atoms with Crippen molar-refractivity contribution in [3.8, 4) is 0 Å². The van der Waals surface area contributed by atoms with E-state index in [2.05, 4.69) is 13.8 Å². The van der Waals surface area contributed by atoms with E-state index < -0.39 is 0 Å². The van der Waals surface area contributed by atoms with Crippen LogP contribution in [0.4, 0.5) is 0 Å². The van der Waals surface area contributed by atoms with Gasteiger partial charge in [-0.2, -0.15) is 0 Å². The lowest BCUT2D eigenvalue weighted by Gasteiger charge is -2.36. The predicted octanol–water partition coefficient (Wildman–Crippen LogP) is 2.15. The zero-order valence-electron chi connectivity index (χ0n) is 9.18. The Bertz CT molecular complexity index is 261. The van der Waals surface area contributed by atoms with Crippen molar-refractivity contribution in [1.29, 1.82) is 0 Å². The molecule has 14 heavy (non-hydrogen) atoms. The van der Waals surface area contributed by atoms with Crippen molar-refractivity contribution in [3.05, 3.63) is 0 Å². The number of aliphatic hydroxyl groups excluding tert-OH is 1. The highest BCUT2D eigenvalue weighted by atomic mass is 16.2. The molecule has 0 aromatic carbocycles. The molecule has 2 bridgehead atoms. The van der Waals surface area contributed by atoms with E-state index in [-0.39, 0.29) is 17.4 Å². The Morgan fingerprint density at radius 2 is 2.21 bits per heavy atom. The molecule has 1 N–H and O–H groups in total. The monoisotopic (exact) mass is 196 g/mol. The van der Waals surface area contributed by atoms with Crippen LogP contribution < -0.4 is 0 Å². The van der Waals surface area contributed by atoms with Crippen LogP contribution in [0, 0.1) is 16.7 Å². The lowest BCUT2D eigenvalue weighted by Crippen LogP contribution is -2.35. The Hall–Kier alpha value is -0.370. The minimum atomic E-state index is -0.0766. The van der Waals surface area contributed by atoms with Gasteiger partial charge >= 0.3 is 0 Å². The highest BCUT2D eigenvalue weighted by Crippen LogP contribution is 2.65. The van der Waals surface area contributed by atoms with Gasteiger partial charge in [0.25, 0.3) is 0 Å². The van der Waals surface area contributed by atoms with E-state index in [4.69, 9.17) is 5.11 Å². The predicted molar refractivity (Wildman–Crippen MR) is 54.9 cm³/mol. The largest absolute Gasteiger partial charge is 0.396 e. The van der Waals surface area contributed by atoms with E-state index in [1.165, 1.54) is 6.42 Å². The summed E-state index contributed by atoms with van der Waals surface area (Å²) in [5, 5.41) is 8.90. The summed E-state index contributed by atoms with van der Waals surface area (Å²) in [6, 6.07) is 0. The standard InChI is InChI=1S/C12H20O2/c1-11(5-3-7-13)9-4-6-12(11,2)10(14)8-9/h9,13H,3-8H2,1-2H3. The first-order chi connectivity index (χ1) is 6.54. The Kier molecular flexibility index (Phi) is 2.22. The molecule has 0 aromatic rings. The molecule has 3 unspecified atom stereocenters. The van der Waals surface area contributed by atoms with Crippen molar-refractivity contribution >= 4 is 5.78 Å². The number of carbonyl (C=O) groups excluding carboxylic acids is 1. The number of rotatable bonds is 3. The van der Waals surface area contributed by atoms with E-state index in [0.717, 1.165) is 25.7 Å². The molecule has 3 atom stereocenters. The minimum absolute atomic E-state index is 0.0766. The van der Waals surface area contributed by atoms with Crippen molar-refractivity contribution < 1.29 is 9.90 Å². The van der Waals surface area contributed by atoms with E-state index in [1.807, 2.05) is 0 Å². The number of aliphatic hydroxyl groups is 1. The molecule has 2 aliphatic rings. The van der Waals surface area contributed by atoms with Crippen LogP contribution in [0.25, 0.3) is 0 Å². The maximum atomic E-state index is 11.9. The molecule has 0 aromatic heterocycles. The molecule has 2 aliphatic carbocycles. The van der Waals surface area contributed by atoms with Crippen LogP contribution in [0.15, 0.2) is 0 Å². The molecule has 0 spiro atoms. The zero-order valence-corrected chi connectivity index (χ0v) is 9.18. The average molecular weight is 196 g/mol. The summed E-state index contributed by atoms with van der Waals surface area (Å²) in [6.45, 7) is 4.65. The molecule has 0 aliphatic heterocycles. The number of carbonyl (C=O) groups is 1. The summed E-state index contributed by atoms with van der Waals surface area (Å²) in [5.74, 6) is 1.06. The Balaban J connectivity index is 2.23. The van der Waals surface area contributed by atoms with Gasteiger partial charge in [-0.15, -0.1) is 0 Å². The van der Waals surface area contributed by atoms with Gasteiger partial charge in [-0.05, 0) is 37.0 Å². The molecule has 2 fully saturated rings. The topological polar surface area (TPSA) is 37.3 Å². The fraction of sp³-hybridized carbons (Fsp3) is 0.917. The molecular formula is C12H20O2. The van der Waals surface area contributed by atoms with Crippen molar-refractivity contribution in [2.75, 3.05) is 6.61 Å². The van der Waals surface area contributed by atoms with Crippen molar-refractivity contribution in [3.63, 3.8) is 0 Å². The Morgan fingerprint density at radius 3 is 2.64 bits per heavy atom. The first-order valence-electron chi connectivity index (χ1n) is 5.69. The van der Waals surface area contributed by atoms with Crippen molar-refractivity contribution in [2.24, 2.45) is 16.7 Å². The maximum absolute atomic E-state index is 11.9. The normalized spacial score (nSPS) is 46.2. The van der Waals surface area contributed by atoms with Gasteiger partial charge in [-0.3, -0.25) is 4.79 Å². The van der Waals surface area contributed by atoms with Crippen molar-refractivity contribution in [2.45, 2.75) is 46.0 Å². The molecule has 0 saturated heterocycles. The Labute approximate surface area is 85.7 Å². The summed E-state index contributed by atoms with van der Waals surface area (Å²) in [5.41, 5.74) is 0.0969. The number of hydrogen-bond acceptors (Lipinski definition) is 2. The number of Topliss-reactive ketones (excluding diaryl/α,β-unsaturated/α-hetero) is 1. The summed E-state index contributed by atoms with van der Waals surface area (Å²) < 4.78 is 0. The van der Waals surface area contributed by atoms with Crippen LogP contribution in [0.2, 0.25) is 0 Å². The smallest absolute Gasteiger partial charge is 0.139 e. The second-order valence-corrected chi connectivity index (χ2v) is 5.44. The first-order valence-corrected chi connectivity index (χ1v) is 5.69. The third-order valence-electron chi connectivity index (χ3n) is 5.06. The summed E-state index contributed by atoms with van der Waals surface area (Å²) >= 11 is 0. The van der Waals surface area contributed by atoms with E-state index in [1.54, 1.807) is 0 Å². The minimum Gasteiger partial charge on any atom is -0.396 e. The molecule has 80 valence electrons. The van der Waals surface area contributed by atoms with E-state index in [0.29, 0.717) is 11.7 Å². The molecule has 2 heteroatoms. The molecular weight excluding hydrogens is 176 g/mol. The van der Waals surface area contributed by atoms with E-state index in [9.17, 15) is 4.79 Å². The van der Waals surface area contributed by atoms with Gasteiger partial charge in [-0.1, -0.05) is 13.8 Å². The molecule has 0 heterocycles. The van der Waals surface area contributed by atoms with Crippen LogP contribution >= 0.6 is 0 Å². The Morgan fingerprint density at radius 1 is 1.50 bits per heavy atom. The average Bonchev–Trinajstić information content (AvgIpc) is 2.50. The molecule has 2 rings (SSSR count). The fourth-order valence-corrected chi connectivity index (χ4v) is 3.68. The molecule has 0 amide bonds. The van der Waals surface area contributed by atoms with Gasteiger partial charge in [0.2, 0.25) is 0 Å². The lowest BCUT2D eigenvalue weighted by molar-refractivity contribution is -0.128. The quantitative estimate of drug-likeness (QED) is 0.751. The SMILES string of the molecule is CC12CCC(CC1=O)C2(C)CCCO. The molecule has 2 nitrogen and oxygen atoms in total. The van der Waals surface area contributed by atoms with Gasteiger partial charge in [0.15, 0.2) is 0 Å². The molecule has 2 saturated carbocycles. The van der Waals surface area contributed by atoms with Gasteiger partial charge in [0.05, 0.1) is 0 Å². The van der Waals surface area contributed by atoms with E-state index >= 15 is 0 Å². The van der Waals surface area contributed by atoms with Crippen LogP contribution in [-0.2, 0) is 4.79 Å². The fourth-order valence-electron chi connectivity index (χ4n) is 3.68. The third kappa shape index (κ3) is 1.04.